The monoisotopic (exact) mass is 314 g/mol. The van der Waals surface area contributed by atoms with Crippen LogP contribution in [0.2, 0.25) is 0 Å². The minimum atomic E-state index is -3.20. The maximum atomic E-state index is 12.1. The predicted molar refractivity (Wildman–Crippen MR) is 73.9 cm³/mol. The Morgan fingerprint density at radius 2 is 2.14 bits per heavy atom. The van der Waals surface area contributed by atoms with Crippen LogP contribution in [0, 0.1) is 10.1 Å². The molecule has 1 unspecified atom stereocenters. The summed E-state index contributed by atoms with van der Waals surface area (Å²) in [4.78, 5) is 22.1. The number of para-hydroxylation sites is 1. The number of benzene rings is 1. The molecule has 1 aliphatic rings. The first kappa shape index (κ1) is 15.2. The number of nitro groups is 1. The largest absolute Gasteiger partial charge is 0.502 e. The van der Waals surface area contributed by atoms with Crippen LogP contribution in [0.5, 0.6) is 5.75 Å². The van der Waals surface area contributed by atoms with Crippen LogP contribution in [0.25, 0.3) is 0 Å². The smallest absolute Gasteiger partial charge is 0.311 e. The molecule has 1 aliphatic heterocycles. The SMILES string of the molecule is CC1(NC(=O)c2cccc([N+](=O)[O-])c2O)CCS(=O)(=O)C1. The molecule has 0 aliphatic carbocycles. The number of nitrogens with one attached hydrogen (secondary N) is 1. The van der Waals surface area contributed by atoms with Crippen LogP contribution in [0.4, 0.5) is 5.69 Å². The van der Waals surface area contributed by atoms with Crippen LogP contribution < -0.4 is 5.32 Å². The van der Waals surface area contributed by atoms with Gasteiger partial charge in [-0.25, -0.2) is 8.42 Å². The molecule has 2 N–H and O–H groups in total. The fourth-order valence-corrected chi connectivity index (χ4v) is 4.41. The lowest BCUT2D eigenvalue weighted by Crippen LogP contribution is -2.46. The highest BCUT2D eigenvalue weighted by atomic mass is 32.2. The van der Waals surface area contributed by atoms with E-state index >= 15 is 0 Å². The molecule has 1 fully saturated rings. The Morgan fingerprint density at radius 1 is 1.48 bits per heavy atom. The summed E-state index contributed by atoms with van der Waals surface area (Å²) >= 11 is 0. The normalized spacial score (nSPS) is 23.7. The molecule has 0 spiro atoms. The predicted octanol–water partition coefficient (Wildman–Crippen LogP) is 0.607. The summed E-state index contributed by atoms with van der Waals surface area (Å²) in [6.45, 7) is 1.59. The second-order valence-corrected chi connectivity index (χ2v) is 7.47. The highest BCUT2D eigenvalue weighted by Gasteiger charge is 2.40. The van der Waals surface area contributed by atoms with Gasteiger partial charge >= 0.3 is 5.69 Å². The second kappa shape index (κ2) is 4.99. The lowest BCUT2D eigenvalue weighted by atomic mass is 10.0. The van der Waals surface area contributed by atoms with E-state index in [-0.39, 0.29) is 23.5 Å². The number of carbonyl (C=O) groups excluding carboxylic acids is 1. The third-order valence-corrected chi connectivity index (χ3v) is 5.28. The Labute approximate surface area is 120 Å². The van der Waals surface area contributed by atoms with E-state index in [1.807, 2.05) is 0 Å². The highest BCUT2D eigenvalue weighted by molar-refractivity contribution is 7.91. The van der Waals surface area contributed by atoms with Crippen molar-refractivity contribution in [2.45, 2.75) is 18.9 Å². The summed E-state index contributed by atoms with van der Waals surface area (Å²) in [7, 11) is -3.20. The van der Waals surface area contributed by atoms with Crippen molar-refractivity contribution in [3.63, 3.8) is 0 Å². The Bertz CT molecular complexity index is 714. The summed E-state index contributed by atoms with van der Waals surface area (Å²) in [5.41, 5.74) is -1.77. The van der Waals surface area contributed by atoms with Gasteiger partial charge in [0.25, 0.3) is 5.91 Å². The van der Waals surface area contributed by atoms with E-state index in [1.54, 1.807) is 6.92 Å². The molecule has 2 rings (SSSR count). The van der Waals surface area contributed by atoms with Crippen molar-refractivity contribution in [1.29, 1.82) is 0 Å². The van der Waals surface area contributed by atoms with Gasteiger partial charge in [0.05, 0.1) is 27.5 Å². The molecular weight excluding hydrogens is 300 g/mol. The molecule has 1 heterocycles. The molecule has 21 heavy (non-hydrogen) atoms. The Kier molecular flexibility index (Phi) is 3.62. The van der Waals surface area contributed by atoms with Crippen molar-refractivity contribution in [2.24, 2.45) is 0 Å². The van der Waals surface area contributed by atoms with E-state index in [1.165, 1.54) is 12.1 Å². The fraction of sp³-hybridized carbons (Fsp3) is 0.417. The van der Waals surface area contributed by atoms with Gasteiger partial charge in [0.15, 0.2) is 9.84 Å². The highest BCUT2D eigenvalue weighted by Crippen LogP contribution is 2.30. The average molecular weight is 314 g/mol. The van der Waals surface area contributed by atoms with Crippen LogP contribution >= 0.6 is 0 Å². The van der Waals surface area contributed by atoms with Gasteiger partial charge < -0.3 is 10.4 Å². The molecular formula is C12H14N2O6S. The first-order chi connectivity index (χ1) is 9.64. The molecule has 0 saturated carbocycles. The van der Waals surface area contributed by atoms with Crippen molar-refractivity contribution in [1.82, 2.24) is 5.32 Å². The van der Waals surface area contributed by atoms with Crippen LogP contribution in [-0.4, -0.2) is 41.4 Å². The summed E-state index contributed by atoms with van der Waals surface area (Å²) in [5, 5.41) is 23.0. The van der Waals surface area contributed by atoms with Crippen molar-refractivity contribution < 1.29 is 23.2 Å². The molecule has 0 bridgehead atoms. The molecule has 0 radical (unpaired) electrons. The molecule has 1 aromatic rings. The second-order valence-electron chi connectivity index (χ2n) is 5.29. The zero-order valence-corrected chi connectivity index (χ0v) is 12.0. The topological polar surface area (TPSA) is 127 Å². The molecule has 1 aromatic carbocycles. The van der Waals surface area contributed by atoms with Gasteiger partial charge in [-0.2, -0.15) is 0 Å². The first-order valence-corrected chi connectivity index (χ1v) is 7.95. The summed E-state index contributed by atoms with van der Waals surface area (Å²) in [5.74, 6) is -1.69. The number of carbonyl (C=O) groups is 1. The van der Waals surface area contributed by atoms with Crippen molar-refractivity contribution >= 4 is 21.4 Å². The number of rotatable bonds is 3. The molecule has 0 aromatic heterocycles. The maximum absolute atomic E-state index is 12.1. The zero-order chi connectivity index (χ0) is 15.8. The van der Waals surface area contributed by atoms with Gasteiger partial charge in [-0.1, -0.05) is 6.07 Å². The maximum Gasteiger partial charge on any atom is 0.311 e. The van der Waals surface area contributed by atoms with Crippen molar-refractivity contribution in [3.8, 4) is 5.75 Å². The van der Waals surface area contributed by atoms with Gasteiger partial charge in [-0.05, 0) is 19.4 Å². The molecule has 9 heteroatoms. The van der Waals surface area contributed by atoms with Gasteiger partial charge in [0.2, 0.25) is 5.75 Å². The van der Waals surface area contributed by atoms with E-state index in [9.17, 15) is 28.4 Å². The summed E-state index contributed by atoms with van der Waals surface area (Å²) in [6.07, 6.45) is 0.261. The summed E-state index contributed by atoms with van der Waals surface area (Å²) in [6, 6.07) is 3.60. The summed E-state index contributed by atoms with van der Waals surface area (Å²) < 4.78 is 23.0. The zero-order valence-electron chi connectivity index (χ0n) is 11.2. The lowest BCUT2D eigenvalue weighted by molar-refractivity contribution is -0.385. The first-order valence-electron chi connectivity index (χ1n) is 6.13. The molecule has 8 nitrogen and oxygen atoms in total. The Balaban J connectivity index is 2.26. The average Bonchev–Trinajstić information content (AvgIpc) is 2.62. The molecule has 1 atom stereocenters. The number of nitrogens with zero attached hydrogens (tertiary/aromatic N) is 1. The van der Waals surface area contributed by atoms with E-state index in [4.69, 9.17) is 0 Å². The number of sulfone groups is 1. The van der Waals surface area contributed by atoms with Crippen LogP contribution in [0.1, 0.15) is 23.7 Å². The lowest BCUT2D eigenvalue weighted by Gasteiger charge is -2.24. The molecule has 1 amide bonds. The molecule has 114 valence electrons. The van der Waals surface area contributed by atoms with Gasteiger partial charge in [0, 0.05) is 6.07 Å². The van der Waals surface area contributed by atoms with E-state index < -0.39 is 37.6 Å². The molecule has 1 saturated heterocycles. The number of phenolic OH excluding ortho intramolecular Hbond substituents is 1. The number of phenols is 1. The number of hydrogen-bond acceptors (Lipinski definition) is 6. The van der Waals surface area contributed by atoms with E-state index in [0.717, 1.165) is 6.07 Å². The van der Waals surface area contributed by atoms with E-state index in [0.29, 0.717) is 0 Å². The van der Waals surface area contributed by atoms with Crippen molar-refractivity contribution in [3.05, 3.63) is 33.9 Å². The minimum absolute atomic E-state index is 0.0231. The van der Waals surface area contributed by atoms with Gasteiger partial charge in [-0.15, -0.1) is 0 Å². The van der Waals surface area contributed by atoms with Gasteiger partial charge in [0.1, 0.15) is 0 Å². The third-order valence-electron chi connectivity index (χ3n) is 3.37. The van der Waals surface area contributed by atoms with Crippen LogP contribution in [0.3, 0.4) is 0 Å². The van der Waals surface area contributed by atoms with Crippen LogP contribution in [0.15, 0.2) is 18.2 Å². The number of nitro benzene ring substituents is 1. The van der Waals surface area contributed by atoms with Gasteiger partial charge in [-0.3, -0.25) is 14.9 Å². The number of hydrogen-bond donors (Lipinski definition) is 2. The quantitative estimate of drug-likeness (QED) is 0.621. The minimum Gasteiger partial charge on any atom is -0.502 e. The number of amides is 1. The Morgan fingerprint density at radius 3 is 2.67 bits per heavy atom. The third kappa shape index (κ3) is 3.13. The number of aromatic hydroxyl groups is 1. The standard InChI is InChI=1S/C12H14N2O6S/c1-12(5-6-21(19,20)7-12)13-11(16)8-3-2-4-9(10(8)15)14(17)18/h2-4,15H,5-7H2,1H3,(H,13,16). The van der Waals surface area contributed by atoms with Crippen LogP contribution in [-0.2, 0) is 9.84 Å². The van der Waals surface area contributed by atoms with Crippen molar-refractivity contribution in [2.75, 3.05) is 11.5 Å². The fourth-order valence-electron chi connectivity index (χ4n) is 2.31. The van der Waals surface area contributed by atoms with E-state index in [2.05, 4.69) is 5.32 Å². The Hall–Kier alpha value is -2.16.